The summed E-state index contributed by atoms with van der Waals surface area (Å²) < 4.78 is 56.2. The number of imidazole rings is 1. The fourth-order valence-electron chi connectivity index (χ4n) is 3.90. The Labute approximate surface area is 210 Å². The summed E-state index contributed by atoms with van der Waals surface area (Å²) in [7, 11) is 0. The maximum absolute atomic E-state index is 14.1. The number of halogens is 5. The molecule has 37 heavy (non-hydrogen) atoms. The average molecular weight is 533 g/mol. The predicted molar refractivity (Wildman–Crippen MR) is 129 cm³/mol. The second kappa shape index (κ2) is 8.69. The number of fused-ring (bicyclic) bond motifs is 2. The Kier molecular flexibility index (Phi) is 5.74. The number of anilines is 2. The van der Waals surface area contributed by atoms with Crippen LogP contribution in [-0.4, -0.2) is 35.0 Å². The summed E-state index contributed by atoms with van der Waals surface area (Å²) in [5, 5.41) is 7.41. The van der Waals surface area contributed by atoms with Gasteiger partial charge in [0.25, 0.3) is 5.91 Å². The lowest BCUT2D eigenvalue weighted by atomic mass is 10.1. The van der Waals surface area contributed by atoms with Gasteiger partial charge in [0.2, 0.25) is 0 Å². The normalized spacial score (nSPS) is 12.1. The molecule has 0 fully saturated rings. The number of amides is 1. The molecule has 0 aliphatic heterocycles. The Balaban J connectivity index is 1.57. The topological polar surface area (TPSA) is 116 Å². The van der Waals surface area contributed by atoms with Crippen LogP contribution in [0.15, 0.2) is 43.0 Å². The monoisotopic (exact) mass is 532 g/mol. The quantitative estimate of drug-likeness (QED) is 0.301. The van der Waals surface area contributed by atoms with Crippen LogP contribution in [-0.2, 0) is 6.18 Å². The molecular formula is C23H17ClF4N8O. The van der Waals surface area contributed by atoms with Crippen LogP contribution in [0.2, 0.25) is 5.02 Å². The molecule has 0 saturated carbocycles. The Morgan fingerprint density at radius 1 is 1.14 bits per heavy atom. The van der Waals surface area contributed by atoms with Gasteiger partial charge in [-0.25, -0.2) is 24.0 Å². The second-order valence-electron chi connectivity index (χ2n) is 8.37. The van der Waals surface area contributed by atoms with Crippen molar-refractivity contribution in [3.8, 4) is 11.3 Å². The maximum atomic E-state index is 14.1. The fraction of sp³-hybridized carbons (Fsp3) is 0.174. The largest absolute Gasteiger partial charge is 0.416 e. The van der Waals surface area contributed by atoms with Crippen LogP contribution in [0.3, 0.4) is 0 Å². The van der Waals surface area contributed by atoms with Crippen molar-refractivity contribution < 1.29 is 22.4 Å². The highest BCUT2D eigenvalue weighted by molar-refractivity contribution is 6.36. The summed E-state index contributed by atoms with van der Waals surface area (Å²) in [6.07, 6.45) is -0.712. The van der Waals surface area contributed by atoms with E-state index in [1.807, 2.05) is 13.8 Å². The van der Waals surface area contributed by atoms with Gasteiger partial charge in [0.05, 0.1) is 27.9 Å². The minimum Gasteiger partial charge on any atom is -0.383 e. The van der Waals surface area contributed by atoms with Gasteiger partial charge in [-0.3, -0.25) is 9.20 Å². The number of nitrogens with one attached hydrogen (secondary N) is 1. The summed E-state index contributed by atoms with van der Waals surface area (Å²) >= 11 is 6.66. The Morgan fingerprint density at radius 3 is 2.59 bits per heavy atom. The number of benzene rings is 1. The summed E-state index contributed by atoms with van der Waals surface area (Å²) in [5.41, 5.74) is 5.84. The summed E-state index contributed by atoms with van der Waals surface area (Å²) in [5.74, 6) is -1.71. The second-order valence-corrected chi connectivity index (χ2v) is 8.75. The highest BCUT2D eigenvalue weighted by atomic mass is 35.5. The van der Waals surface area contributed by atoms with Gasteiger partial charge < -0.3 is 11.1 Å². The van der Waals surface area contributed by atoms with Crippen molar-refractivity contribution in [1.82, 2.24) is 29.1 Å². The molecule has 14 heteroatoms. The molecule has 5 aromatic rings. The fourth-order valence-corrected chi connectivity index (χ4v) is 4.19. The lowest BCUT2D eigenvalue weighted by molar-refractivity contribution is -0.137. The molecule has 4 aromatic heterocycles. The summed E-state index contributed by atoms with van der Waals surface area (Å²) in [4.78, 5) is 25.4. The number of hydrogen-bond donors (Lipinski definition) is 2. The van der Waals surface area contributed by atoms with Crippen LogP contribution < -0.4 is 11.1 Å². The molecule has 4 heterocycles. The van der Waals surface area contributed by atoms with Crippen molar-refractivity contribution in [2.75, 3.05) is 11.1 Å². The number of carbonyl (C=O) groups is 1. The Hall–Kier alpha value is -4.26. The first-order valence-electron chi connectivity index (χ1n) is 10.8. The zero-order valence-electron chi connectivity index (χ0n) is 19.2. The van der Waals surface area contributed by atoms with Gasteiger partial charge in [0, 0.05) is 17.8 Å². The van der Waals surface area contributed by atoms with Gasteiger partial charge >= 0.3 is 6.18 Å². The van der Waals surface area contributed by atoms with E-state index in [1.165, 1.54) is 23.1 Å². The minimum absolute atomic E-state index is 0.0500. The number of carbonyl (C=O) groups excluding carboxylic acids is 1. The van der Waals surface area contributed by atoms with E-state index >= 15 is 0 Å². The van der Waals surface area contributed by atoms with E-state index < -0.39 is 29.2 Å². The maximum Gasteiger partial charge on any atom is 0.416 e. The lowest BCUT2D eigenvalue weighted by Crippen LogP contribution is -2.16. The first kappa shape index (κ1) is 24.4. The summed E-state index contributed by atoms with van der Waals surface area (Å²) in [6, 6.07) is 3.27. The number of nitrogens with two attached hydrogens (primary N) is 1. The van der Waals surface area contributed by atoms with Crippen LogP contribution in [0.5, 0.6) is 0 Å². The zero-order valence-corrected chi connectivity index (χ0v) is 19.9. The number of alkyl halides is 3. The van der Waals surface area contributed by atoms with Crippen molar-refractivity contribution in [2.24, 2.45) is 0 Å². The smallest absolute Gasteiger partial charge is 0.383 e. The van der Waals surface area contributed by atoms with Crippen LogP contribution in [0.4, 0.5) is 29.1 Å². The zero-order chi connectivity index (χ0) is 26.6. The van der Waals surface area contributed by atoms with Crippen LogP contribution >= 0.6 is 11.6 Å². The van der Waals surface area contributed by atoms with E-state index in [2.05, 4.69) is 25.4 Å². The van der Waals surface area contributed by atoms with Crippen LogP contribution in [0.1, 0.15) is 35.9 Å². The molecule has 190 valence electrons. The van der Waals surface area contributed by atoms with E-state index in [1.54, 1.807) is 10.7 Å². The Morgan fingerprint density at radius 2 is 1.89 bits per heavy atom. The number of nitrogen functional groups attached to an aromatic ring is 1. The number of hydrogen-bond acceptors (Lipinski definition) is 6. The van der Waals surface area contributed by atoms with Gasteiger partial charge in [0.1, 0.15) is 29.4 Å². The standard InChI is InChI=1S/C23H17ClF4N8O/c1-10(2)36-20-16(19(29)31-9-32-20)18(34-36)12-5-6-35-15(8-30-21(35)17(12)24)22(37)33-14-7-11(23(26,27)28)3-4-13(14)25/h3-10H,1-2H3,(H,33,37)(H2,29,31,32). The molecule has 0 saturated heterocycles. The van der Waals surface area contributed by atoms with E-state index in [0.29, 0.717) is 40.5 Å². The van der Waals surface area contributed by atoms with E-state index in [-0.39, 0.29) is 28.2 Å². The van der Waals surface area contributed by atoms with Gasteiger partial charge in [-0.1, -0.05) is 11.6 Å². The molecule has 3 N–H and O–H groups in total. The molecular weight excluding hydrogens is 516 g/mol. The number of rotatable bonds is 4. The third kappa shape index (κ3) is 4.10. The first-order valence-corrected chi connectivity index (χ1v) is 11.2. The average Bonchev–Trinajstić information content (AvgIpc) is 3.43. The van der Waals surface area contributed by atoms with E-state index in [0.717, 1.165) is 0 Å². The van der Waals surface area contributed by atoms with Gasteiger partial charge in [-0.2, -0.15) is 18.3 Å². The highest BCUT2D eigenvalue weighted by Crippen LogP contribution is 2.37. The molecule has 0 radical (unpaired) electrons. The molecule has 1 aromatic carbocycles. The molecule has 1 amide bonds. The van der Waals surface area contributed by atoms with Crippen molar-refractivity contribution in [1.29, 1.82) is 0 Å². The molecule has 0 aliphatic rings. The highest BCUT2D eigenvalue weighted by Gasteiger charge is 2.31. The van der Waals surface area contributed by atoms with Crippen molar-refractivity contribution >= 4 is 45.7 Å². The number of pyridine rings is 1. The lowest BCUT2D eigenvalue weighted by Gasteiger charge is -2.11. The molecule has 0 bridgehead atoms. The van der Waals surface area contributed by atoms with E-state index in [4.69, 9.17) is 17.3 Å². The predicted octanol–water partition coefficient (Wildman–Crippen LogP) is 5.37. The molecule has 5 rings (SSSR count). The molecule has 0 aliphatic carbocycles. The van der Waals surface area contributed by atoms with E-state index in [9.17, 15) is 22.4 Å². The SMILES string of the molecule is CC(C)n1nc(-c2ccn3c(C(=O)Nc4cc(C(F)(F)F)ccc4F)cnc3c2Cl)c2c(N)ncnc21. The molecule has 0 spiro atoms. The first-order chi connectivity index (χ1) is 17.5. The van der Waals surface area contributed by atoms with Gasteiger partial charge in [-0.15, -0.1) is 0 Å². The van der Waals surface area contributed by atoms with Crippen molar-refractivity contribution in [2.45, 2.75) is 26.1 Å². The van der Waals surface area contributed by atoms with Crippen LogP contribution in [0, 0.1) is 5.82 Å². The number of aromatic nitrogens is 6. The van der Waals surface area contributed by atoms with Crippen molar-refractivity contribution in [3.05, 3.63) is 65.1 Å². The molecule has 9 nitrogen and oxygen atoms in total. The Bertz CT molecular complexity index is 1690. The third-order valence-corrected chi connectivity index (χ3v) is 6.03. The number of nitrogens with zero attached hydrogens (tertiary/aromatic N) is 6. The molecule has 0 atom stereocenters. The van der Waals surface area contributed by atoms with Crippen LogP contribution in [0.25, 0.3) is 27.9 Å². The summed E-state index contributed by atoms with van der Waals surface area (Å²) in [6.45, 7) is 3.85. The van der Waals surface area contributed by atoms with Crippen molar-refractivity contribution in [3.63, 3.8) is 0 Å². The third-order valence-electron chi connectivity index (χ3n) is 5.66. The minimum atomic E-state index is -4.71. The van der Waals surface area contributed by atoms with Gasteiger partial charge in [0.15, 0.2) is 11.3 Å². The molecule has 0 unspecified atom stereocenters. The van der Waals surface area contributed by atoms with Gasteiger partial charge in [-0.05, 0) is 38.1 Å².